The van der Waals surface area contributed by atoms with Gasteiger partial charge in [-0.25, -0.2) is 4.98 Å². The Morgan fingerprint density at radius 1 is 0.921 bits per heavy atom. The largest absolute Gasteiger partial charge is 0.496 e. The van der Waals surface area contributed by atoms with E-state index in [1.54, 1.807) is 19.2 Å². The van der Waals surface area contributed by atoms with Crippen LogP contribution in [0, 0.1) is 0 Å². The average Bonchev–Trinajstić information content (AvgIpc) is 3.27. The number of nitrogens with one attached hydrogen (secondary N) is 1. The van der Waals surface area contributed by atoms with E-state index in [-0.39, 0.29) is 11.3 Å². The number of fused-ring (bicyclic) bond motifs is 1. The molecule has 1 heterocycles. The van der Waals surface area contributed by atoms with Gasteiger partial charge in [0.2, 0.25) is 0 Å². The smallest absolute Gasteiger partial charge is 0.255 e. The zero-order chi connectivity index (χ0) is 27.0. The van der Waals surface area contributed by atoms with Crippen LogP contribution in [0.15, 0.2) is 72.8 Å². The molecular formula is C32H39N3O3. The van der Waals surface area contributed by atoms with Crippen molar-refractivity contribution in [2.45, 2.75) is 58.4 Å². The number of unbranched alkanes of at least 4 members (excludes halogenated alkanes) is 1. The maximum atomic E-state index is 12.6. The standard InChI is InChI=1S/C32H39N3O3/c1-32(2,3)24-17-19-25(20-18-24)38-23-10-9-22-35-28-14-7-6-13-27(28)34-30(35)16-11-21-33-31(36)26-12-5-8-15-29(26)37-4/h5-8,12-15,17-20H,9-11,16,21-23H2,1-4H3,(H,33,36). The third kappa shape index (κ3) is 6.94. The predicted molar refractivity (Wildman–Crippen MR) is 153 cm³/mol. The molecule has 4 rings (SSSR count). The Morgan fingerprint density at radius 3 is 2.42 bits per heavy atom. The van der Waals surface area contributed by atoms with E-state index in [1.807, 2.05) is 18.2 Å². The number of hydrogen-bond donors (Lipinski definition) is 1. The first-order chi connectivity index (χ1) is 18.4. The minimum atomic E-state index is -0.121. The number of para-hydroxylation sites is 3. The normalized spacial score (nSPS) is 11.5. The van der Waals surface area contributed by atoms with E-state index in [2.05, 4.69) is 73.1 Å². The summed E-state index contributed by atoms with van der Waals surface area (Å²) in [5.41, 5.74) is 4.17. The van der Waals surface area contributed by atoms with Gasteiger partial charge in [0.05, 0.1) is 30.3 Å². The SMILES string of the molecule is COc1ccccc1C(=O)NCCCc1nc2ccccc2n1CCCCOc1ccc(C(C)(C)C)cc1. The Bertz CT molecular complexity index is 1340. The first-order valence-electron chi connectivity index (χ1n) is 13.5. The van der Waals surface area contributed by atoms with Crippen LogP contribution in [0.5, 0.6) is 11.5 Å². The van der Waals surface area contributed by atoms with Crippen molar-refractivity contribution in [2.24, 2.45) is 0 Å². The van der Waals surface area contributed by atoms with Crippen LogP contribution in [0.3, 0.4) is 0 Å². The van der Waals surface area contributed by atoms with Gasteiger partial charge in [0.15, 0.2) is 0 Å². The Morgan fingerprint density at radius 2 is 1.66 bits per heavy atom. The lowest BCUT2D eigenvalue weighted by Crippen LogP contribution is -2.25. The summed E-state index contributed by atoms with van der Waals surface area (Å²) in [6, 6.07) is 24.0. The highest BCUT2D eigenvalue weighted by Gasteiger charge is 2.14. The van der Waals surface area contributed by atoms with Crippen LogP contribution in [-0.2, 0) is 18.4 Å². The molecule has 6 nitrogen and oxygen atoms in total. The molecule has 1 aromatic heterocycles. The van der Waals surface area contributed by atoms with Crippen molar-refractivity contribution in [2.75, 3.05) is 20.3 Å². The van der Waals surface area contributed by atoms with E-state index in [1.165, 1.54) is 5.56 Å². The number of amides is 1. The molecule has 200 valence electrons. The summed E-state index contributed by atoms with van der Waals surface area (Å²) < 4.78 is 13.6. The molecule has 0 bridgehead atoms. The molecule has 0 atom stereocenters. The number of carbonyl (C=O) groups excluding carboxylic acids is 1. The molecule has 0 aliphatic carbocycles. The van der Waals surface area contributed by atoms with Gasteiger partial charge in [-0.2, -0.15) is 0 Å². The van der Waals surface area contributed by atoms with Gasteiger partial charge in [-0.05, 0) is 66.6 Å². The quantitative estimate of drug-likeness (QED) is 0.218. The second-order valence-electron chi connectivity index (χ2n) is 10.6. The summed E-state index contributed by atoms with van der Waals surface area (Å²) in [6.07, 6.45) is 3.55. The van der Waals surface area contributed by atoms with Gasteiger partial charge >= 0.3 is 0 Å². The molecule has 0 saturated heterocycles. The van der Waals surface area contributed by atoms with Gasteiger partial charge in [0.25, 0.3) is 5.91 Å². The minimum absolute atomic E-state index is 0.121. The van der Waals surface area contributed by atoms with E-state index in [0.717, 1.165) is 54.8 Å². The summed E-state index contributed by atoms with van der Waals surface area (Å²) in [5, 5.41) is 3.01. The number of aromatic nitrogens is 2. The summed E-state index contributed by atoms with van der Waals surface area (Å²) >= 11 is 0. The number of aryl methyl sites for hydroxylation is 2. The van der Waals surface area contributed by atoms with Crippen LogP contribution >= 0.6 is 0 Å². The predicted octanol–water partition coefficient (Wildman–Crippen LogP) is 6.56. The van der Waals surface area contributed by atoms with Crippen molar-refractivity contribution in [3.63, 3.8) is 0 Å². The number of rotatable bonds is 12. The Hall–Kier alpha value is -3.80. The van der Waals surface area contributed by atoms with Gasteiger partial charge < -0.3 is 19.4 Å². The van der Waals surface area contributed by atoms with Crippen molar-refractivity contribution < 1.29 is 14.3 Å². The summed E-state index contributed by atoms with van der Waals surface area (Å²) in [7, 11) is 1.58. The molecular weight excluding hydrogens is 474 g/mol. The molecule has 0 aliphatic heterocycles. The molecule has 0 unspecified atom stereocenters. The number of ether oxygens (including phenoxy) is 2. The highest BCUT2D eigenvalue weighted by atomic mass is 16.5. The molecule has 1 N–H and O–H groups in total. The van der Waals surface area contributed by atoms with Crippen LogP contribution < -0.4 is 14.8 Å². The number of nitrogens with zero attached hydrogens (tertiary/aromatic N) is 2. The molecule has 0 fully saturated rings. The van der Waals surface area contributed by atoms with E-state index in [4.69, 9.17) is 14.5 Å². The van der Waals surface area contributed by atoms with Gasteiger partial charge in [0, 0.05) is 19.5 Å². The van der Waals surface area contributed by atoms with E-state index >= 15 is 0 Å². The molecule has 0 radical (unpaired) electrons. The third-order valence-corrected chi connectivity index (χ3v) is 6.71. The first-order valence-corrected chi connectivity index (χ1v) is 13.5. The molecule has 1 amide bonds. The lowest BCUT2D eigenvalue weighted by atomic mass is 9.87. The van der Waals surface area contributed by atoms with Crippen molar-refractivity contribution in [3.8, 4) is 11.5 Å². The zero-order valence-electron chi connectivity index (χ0n) is 23.0. The van der Waals surface area contributed by atoms with E-state index in [0.29, 0.717) is 24.5 Å². The molecule has 38 heavy (non-hydrogen) atoms. The van der Waals surface area contributed by atoms with Gasteiger partial charge in [-0.3, -0.25) is 4.79 Å². The highest BCUT2D eigenvalue weighted by Crippen LogP contribution is 2.24. The number of methoxy groups -OCH3 is 1. The molecule has 0 spiro atoms. The second kappa shape index (κ2) is 12.6. The Labute approximate surface area is 226 Å². The average molecular weight is 514 g/mol. The first kappa shape index (κ1) is 27.2. The second-order valence-corrected chi connectivity index (χ2v) is 10.6. The van der Waals surface area contributed by atoms with Crippen molar-refractivity contribution >= 4 is 16.9 Å². The van der Waals surface area contributed by atoms with Crippen molar-refractivity contribution in [1.82, 2.24) is 14.9 Å². The Balaban J connectivity index is 1.28. The Kier molecular flexibility index (Phi) is 9.06. The van der Waals surface area contributed by atoms with Crippen LogP contribution in [0.2, 0.25) is 0 Å². The molecule has 0 saturated carbocycles. The van der Waals surface area contributed by atoms with Crippen LogP contribution in [0.1, 0.15) is 61.8 Å². The number of benzene rings is 3. The lowest BCUT2D eigenvalue weighted by Gasteiger charge is -2.19. The van der Waals surface area contributed by atoms with E-state index < -0.39 is 0 Å². The molecule has 6 heteroatoms. The molecule has 0 aliphatic rings. The van der Waals surface area contributed by atoms with Crippen LogP contribution in [-0.4, -0.2) is 35.7 Å². The van der Waals surface area contributed by atoms with Crippen molar-refractivity contribution in [1.29, 1.82) is 0 Å². The summed E-state index contributed by atoms with van der Waals surface area (Å²) in [4.78, 5) is 17.5. The summed E-state index contributed by atoms with van der Waals surface area (Å²) in [6.45, 7) is 8.79. The fourth-order valence-corrected chi connectivity index (χ4v) is 4.55. The zero-order valence-corrected chi connectivity index (χ0v) is 23.0. The molecule has 3 aromatic carbocycles. The number of imidazole rings is 1. The number of hydrogen-bond acceptors (Lipinski definition) is 4. The fourth-order valence-electron chi connectivity index (χ4n) is 4.55. The lowest BCUT2D eigenvalue weighted by molar-refractivity contribution is 0.0950. The van der Waals surface area contributed by atoms with Gasteiger partial charge in [-0.1, -0.05) is 57.2 Å². The minimum Gasteiger partial charge on any atom is -0.496 e. The summed E-state index contributed by atoms with van der Waals surface area (Å²) in [5.74, 6) is 2.43. The van der Waals surface area contributed by atoms with Gasteiger partial charge in [0.1, 0.15) is 17.3 Å². The maximum Gasteiger partial charge on any atom is 0.255 e. The topological polar surface area (TPSA) is 65.4 Å². The van der Waals surface area contributed by atoms with E-state index in [9.17, 15) is 4.79 Å². The fraction of sp³-hybridized carbons (Fsp3) is 0.375. The van der Waals surface area contributed by atoms with Crippen molar-refractivity contribution in [3.05, 3.63) is 89.7 Å². The number of carbonyl (C=O) groups is 1. The van der Waals surface area contributed by atoms with Crippen LogP contribution in [0.25, 0.3) is 11.0 Å². The van der Waals surface area contributed by atoms with Gasteiger partial charge in [-0.15, -0.1) is 0 Å². The molecule has 4 aromatic rings. The highest BCUT2D eigenvalue weighted by molar-refractivity contribution is 5.96. The monoisotopic (exact) mass is 513 g/mol. The van der Waals surface area contributed by atoms with Crippen LogP contribution in [0.4, 0.5) is 0 Å². The maximum absolute atomic E-state index is 12.6. The third-order valence-electron chi connectivity index (χ3n) is 6.71.